The lowest BCUT2D eigenvalue weighted by Crippen LogP contribution is -2.11. The highest BCUT2D eigenvalue weighted by Crippen LogP contribution is 2.29. The van der Waals surface area contributed by atoms with Crippen LogP contribution >= 0.6 is 0 Å². The summed E-state index contributed by atoms with van der Waals surface area (Å²) >= 11 is 0. The fraction of sp³-hybridized carbons (Fsp3) is 0.188. The van der Waals surface area contributed by atoms with Crippen LogP contribution in [0.3, 0.4) is 0 Å². The first-order valence-corrected chi connectivity index (χ1v) is 6.91. The molecule has 0 aliphatic rings. The summed E-state index contributed by atoms with van der Waals surface area (Å²) in [5.41, 5.74) is 9.68. The molecule has 0 radical (unpaired) electrons. The second-order valence-electron chi connectivity index (χ2n) is 4.97. The van der Waals surface area contributed by atoms with Gasteiger partial charge >= 0.3 is 5.76 Å². The molecule has 5 heteroatoms. The van der Waals surface area contributed by atoms with Crippen molar-refractivity contribution in [2.45, 2.75) is 19.4 Å². The Morgan fingerprint density at radius 3 is 2.76 bits per heavy atom. The molecular formula is C16H17N3O2. The Balaban J connectivity index is 1.96. The molecule has 1 heterocycles. The lowest BCUT2D eigenvalue weighted by Gasteiger charge is -2.20. The van der Waals surface area contributed by atoms with Crippen molar-refractivity contribution in [1.82, 2.24) is 4.98 Å². The van der Waals surface area contributed by atoms with Crippen LogP contribution in [-0.2, 0) is 0 Å². The van der Waals surface area contributed by atoms with E-state index in [1.807, 2.05) is 18.2 Å². The van der Waals surface area contributed by atoms with Crippen molar-refractivity contribution in [3.05, 3.63) is 58.6 Å². The van der Waals surface area contributed by atoms with Crippen LogP contribution in [0, 0.1) is 0 Å². The fourth-order valence-corrected chi connectivity index (χ4v) is 2.43. The molecule has 1 aromatic heterocycles. The Morgan fingerprint density at radius 2 is 2.05 bits per heavy atom. The average Bonchev–Trinajstić information content (AvgIpc) is 2.84. The van der Waals surface area contributed by atoms with E-state index in [1.165, 1.54) is 5.56 Å². The molecule has 0 amide bonds. The summed E-state index contributed by atoms with van der Waals surface area (Å²) in [5, 5.41) is 3.43. The first kappa shape index (κ1) is 13.3. The lowest BCUT2D eigenvalue weighted by atomic mass is 10.0. The Hall–Kier alpha value is -2.69. The number of hydrogen-bond acceptors (Lipinski definition) is 4. The lowest BCUT2D eigenvalue weighted by molar-refractivity contribution is 0.555. The third-order valence-electron chi connectivity index (χ3n) is 3.53. The summed E-state index contributed by atoms with van der Waals surface area (Å²) in [6.45, 7) is 2.11. The quantitative estimate of drug-likeness (QED) is 0.642. The number of aromatic amines is 1. The van der Waals surface area contributed by atoms with E-state index >= 15 is 0 Å². The van der Waals surface area contributed by atoms with E-state index in [0.717, 1.165) is 12.1 Å². The minimum atomic E-state index is -0.475. The number of benzene rings is 2. The number of H-pyrrole nitrogens is 1. The number of nitrogen functional groups attached to an aromatic ring is 1. The van der Waals surface area contributed by atoms with Crippen molar-refractivity contribution in [2.24, 2.45) is 0 Å². The van der Waals surface area contributed by atoms with Crippen molar-refractivity contribution in [2.75, 3.05) is 11.1 Å². The van der Waals surface area contributed by atoms with Crippen LogP contribution in [0.25, 0.3) is 11.1 Å². The summed E-state index contributed by atoms with van der Waals surface area (Å²) in [6, 6.07) is 13.8. The van der Waals surface area contributed by atoms with Gasteiger partial charge in [-0.25, -0.2) is 4.79 Å². The van der Waals surface area contributed by atoms with E-state index < -0.39 is 5.76 Å². The summed E-state index contributed by atoms with van der Waals surface area (Å²) < 4.78 is 5.00. The van der Waals surface area contributed by atoms with Crippen molar-refractivity contribution in [3.63, 3.8) is 0 Å². The molecule has 0 saturated carbocycles. The fourth-order valence-electron chi connectivity index (χ4n) is 2.43. The Labute approximate surface area is 121 Å². The molecular weight excluding hydrogens is 266 g/mol. The molecule has 3 rings (SSSR count). The third-order valence-corrected chi connectivity index (χ3v) is 3.53. The average molecular weight is 283 g/mol. The molecule has 2 aromatic carbocycles. The van der Waals surface area contributed by atoms with Crippen LogP contribution in [0.4, 0.5) is 11.4 Å². The van der Waals surface area contributed by atoms with Crippen molar-refractivity contribution in [1.29, 1.82) is 0 Å². The zero-order valence-corrected chi connectivity index (χ0v) is 11.7. The number of aromatic nitrogens is 1. The van der Waals surface area contributed by atoms with Crippen molar-refractivity contribution < 1.29 is 4.42 Å². The minimum absolute atomic E-state index is 0.157. The molecule has 5 nitrogen and oxygen atoms in total. The predicted molar refractivity (Wildman–Crippen MR) is 84.3 cm³/mol. The van der Waals surface area contributed by atoms with Gasteiger partial charge < -0.3 is 15.5 Å². The third kappa shape index (κ3) is 2.63. The highest BCUT2D eigenvalue weighted by atomic mass is 16.4. The van der Waals surface area contributed by atoms with E-state index in [-0.39, 0.29) is 6.04 Å². The van der Waals surface area contributed by atoms with Gasteiger partial charge in [-0.05, 0) is 18.1 Å². The topological polar surface area (TPSA) is 84.0 Å². The zero-order valence-electron chi connectivity index (χ0n) is 11.7. The van der Waals surface area contributed by atoms with Gasteiger partial charge in [0, 0.05) is 6.07 Å². The summed E-state index contributed by atoms with van der Waals surface area (Å²) in [6.07, 6.45) is 0.920. The number of fused-ring (bicyclic) bond motifs is 1. The molecule has 1 unspecified atom stereocenters. The highest BCUT2D eigenvalue weighted by Gasteiger charge is 2.12. The molecule has 0 fully saturated rings. The van der Waals surface area contributed by atoms with Gasteiger partial charge in [-0.15, -0.1) is 0 Å². The Bertz CT molecular complexity index is 805. The minimum Gasteiger partial charge on any atom is -0.408 e. The number of rotatable bonds is 4. The summed E-state index contributed by atoms with van der Waals surface area (Å²) in [4.78, 5) is 13.9. The molecule has 0 spiro atoms. The SMILES string of the molecule is CCC(Nc1cc2[nH]c(=O)oc2cc1N)c1ccccc1. The second kappa shape index (κ2) is 5.36. The maximum Gasteiger partial charge on any atom is 0.417 e. The van der Waals surface area contributed by atoms with Crippen LogP contribution in [0.2, 0.25) is 0 Å². The first-order valence-electron chi connectivity index (χ1n) is 6.91. The van der Waals surface area contributed by atoms with Gasteiger partial charge in [-0.2, -0.15) is 0 Å². The Kier molecular flexibility index (Phi) is 3.39. The number of hydrogen-bond donors (Lipinski definition) is 3. The van der Waals surface area contributed by atoms with Crippen LogP contribution < -0.4 is 16.8 Å². The van der Waals surface area contributed by atoms with Gasteiger partial charge in [-0.1, -0.05) is 37.3 Å². The maximum absolute atomic E-state index is 11.2. The summed E-state index contributed by atoms with van der Waals surface area (Å²) in [7, 11) is 0. The number of anilines is 2. The molecule has 0 aliphatic heterocycles. The molecule has 108 valence electrons. The van der Waals surface area contributed by atoms with Crippen LogP contribution in [0.1, 0.15) is 24.9 Å². The van der Waals surface area contributed by atoms with E-state index in [4.69, 9.17) is 10.2 Å². The van der Waals surface area contributed by atoms with Gasteiger partial charge in [0.05, 0.1) is 22.9 Å². The van der Waals surface area contributed by atoms with Gasteiger partial charge in [0.2, 0.25) is 0 Å². The van der Waals surface area contributed by atoms with Crippen LogP contribution in [-0.4, -0.2) is 4.98 Å². The van der Waals surface area contributed by atoms with Crippen molar-refractivity contribution >= 4 is 22.5 Å². The largest absolute Gasteiger partial charge is 0.417 e. The highest BCUT2D eigenvalue weighted by molar-refractivity contribution is 5.85. The summed E-state index contributed by atoms with van der Waals surface area (Å²) in [5.74, 6) is -0.475. The van der Waals surface area contributed by atoms with Gasteiger partial charge in [-0.3, -0.25) is 4.98 Å². The van der Waals surface area contributed by atoms with E-state index in [9.17, 15) is 4.79 Å². The van der Waals surface area contributed by atoms with Gasteiger partial charge in [0.25, 0.3) is 0 Å². The number of oxazole rings is 1. The molecule has 0 saturated heterocycles. The standard InChI is InChI=1S/C16H17N3O2/c1-2-12(10-6-4-3-5-7-10)18-13-9-14-15(8-11(13)17)21-16(20)19-14/h3-9,12,18H,2,17H2,1H3,(H,19,20). The van der Waals surface area contributed by atoms with E-state index in [2.05, 4.69) is 29.4 Å². The first-order chi connectivity index (χ1) is 10.2. The predicted octanol–water partition coefficient (Wildman–Crippen LogP) is 3.27. The number of nitrogens with two attached hydrogens (primary N) is 1. The number of nitrogens with one attached hydrogen (secondary N) is 2. The second-order valence-corrected chi connectivity index (χ2v) is 4.97. The normalized spacial score (nSPS) is 12.4. The van der Waals surface area contributed by atoms with E-state index in [1.54, 1.807) is 12.1 Å². The van der Waals surface area contributed by atoms with Crippen LogP contribution in [0.5, 0.6) is 0 Å². The van der Waals surface area contributed by atoms with E-state index in [0.29, 0.717) is 16.8 Å². The smallest absolute Gasteiger partial charge is 0.408 e. The monoisotopic (exact) mass is 283 g/mol. The van der Waals surface area contributed by atoms with Crippen LogP contribution in [0.15, 0.2) is 51.7 Å². The molecule has 3 aromatic rings. The Morgan fingerprint density at radius 1 is 1.29 bits per heavy atom. The molecule has 21 heavy (non-hydrogen) atoms. The van der Waals surface area contributed by atoms with Gasteiger partial charge in [0.15, 0.2) is 5.58 Å². The molecule has 1 atom stereocenters. The maximum atomic E-state index is 11.2. The van der Waals surface area contributed by atoms with Crippen molar-refractivity contribution in [3.8, 4) is 0 Å². The molecule has 0 bridgehead atoms. The molecule has 4 N–H and O–H groups in total. The zero-order chi connectivity index (χ0) is 14.8. The van der Waals surface area contributed by atoms with Gasteiger partial charge in [0.1, 0.15) is 0 Å². The molecule has 0 aliphatic carbocycles.